The van der Waals surface area contributed by atoms with Crippen molar-refractivity contribution >= 4 is 23.4 Å². The van der Waals surface area contributed by atoms with Crippen LogP contribution in [0.4, 0.5) is 5.69 Å². The van der Waals surface area contributed by atoms with E-state index in [1.54, 1.807) is 24.3 Å². The number of ether oxygens (including phenoxy) is 3. The van der Waals surface area contributed by atoms with Crippen LogP contribution in [-0.4, -0.2) is 44.1 Å². The maximum atomic E-state index is 12.5. The number of fused-ring (bicyclic) bond motifs is 1. The van der Waals surface area contributed by atoms with Crippen molar-refractivity contribution in [2.75, 3.05) is 31.3 Å². The highest BCUT2D eigenvalue weighted by atomic mass is 16.6. The molecule has 2 heterocycles. The number of rotatable bonds is 5. The number of carbonyl (C=O) groups is 3. The van der Waals surface area contributed by atoms with Crippen LogP contribution < -0.4 is 30.0 Å². The highest BCUT2D eigenvalue weighted by Gasteiger charge is 2.35. The van der Waals surface area contributed by atoms with Crippen LogP contribution >= 0.6 is 0 Å². The van der Waals surface area contributed by atoms with Gasteiger partial charge in [-0.1, -0.05) is 18.2 Å². The molecule has 31 heavy (non-hydrogen) atoms. The molecule has 3 amide bonds. The maximum Gasteiger partial charge on any atom is 0.276 e. The number of carbonyl (C=O) groups excluding carboxylic acids is 3. The Bertz CT molecular complexity index is 1010. The summed E-state index contributed by atoms with van der Waals surface area (Å²) in [6, 6.07) is 12.6. The average Bonchev–Trinajstić information content (AvgIpc) is 3.18. The molecule has 0 aromatic heterocycles. The second kappa shape index (κ2) is 8.95. The third-order valence-electron chi connectivity index (χ3n) is 5.11. The molecule has 2 N–H and O–H groups in total. The summed E-state index contributed by atoms with van der Waals surface area (Å²) in [4.78, 5) is 38.4. The summed E-state index contributed by atoms with van der Waals surface area (Å²) in [6.45, 7) is 2.78. The minimum absolute atomic E-state index is 0.0514. The number of hydrazine groups is 1. The van der Waals surface area contributed by atoms with E-state index in [0.29, 0.717) is 36.1 Å². The highest BCUT2D eigenvalue weighted by Crippen LogP contribution is 2.35. The minimum Gasteiger partial charge on any atom is -0.486 e. The Labute approximate surface area is 179 Å². The van der Waals surface area contributed by atoms with Gasteiger partial charge in [-0.3, -0.25) is 25.2 Å². The molecule has 1 atom stereocenters. The van der Waals surface area contributed by atoms with E-state index in [1.807, 2.05) is 25.1 Å². The van der Waals surface area contributed by atoms with Gasteiger partial charge in [0.2, 0.25) is 11.8 Å². The largest absolute Gasteiger partial charge is 0.486 e. The number of anilines is 1. The SMILES string of the molecule is Cc1ccccc1OCC(=O)NNC(=O)[C@H]1CC(=O)N(c2ccc3c(c2)OCCO3)C1. The number of amides is 3. The monoisotopic (exact) mass is 425 g/mol. The second-order valence-corrected chi connectivity index (χ2v) is 7.32. The summed E-state index contributed by atoms with van der Waals surface area (Å²) in [7, 11) is 0. The summed E-state index contributed by atoms with van der Waals surface area (Å²) in [6.07, 6.45) is 0.0514. The van der Waals surface area contributed by atoms with Crippen LogP contribution in [0.15, 0.2) is 42.5 Å². The molecule has 2 aromatic carbocycles. The van der Waals surface area contributed by atoms with Crippen LogP contribution in [0.25, 0.3) is 0 Å². The molecule has 0 bridgehead atoms. The van der Waals surface area contributed by atoms with Crippen molar-refractivity contribution in [2.45, 2.75) is 13.3 Å². The van der Waals surface area contributed by atoms with Gasteiger partial charge >= 0.3 is 0 Å². The Morgan fingerprint density at radius 3 is 2.68 bits per heavy atom. The highest BCUT2D eigenvalue weighted by molar-refractivity contribution is 6.00. The summed E-state index contributed by atoms with van der Waals surface area (Å²) in [5.41, 5.74) is 6.25. The first-order valence-electron chi connectivity index (χ1n) is 9.98. The van der Waals surface area contributed by atoms with Gasteiger partial charge < -0.3 is 19.1 Å². The zero-order valence-corrected chi connectivity index (χ0v) is 17.1. The summed E-state index contributed by atoms with van der Waals surface area (Å²) in [5, 5.41) is 0. The van der Waals surface area contributed by atoms with Crippen LogP contribution in [0.1, 0.15) is 12.0 Å². The molecule has 162 valence electrons. The molecule has 1 fully saturated rings. The third kappa shape index (κ3) is 4.71. The van der Waals surface area contributed by atoms with Crippen LogP contribution in [0.5, 0.6) is 17.2 Å². The molecule has 2 aromatic rings. The molecule has 0 spiro atoms. The fraction of sp³-hybridized carbons (Fsp3) is 0.318. The van der Waals surface area contributed by atoms with E-state index in [2.05, 4.69) is 10.9 Å². The van der Waals surface area contributed by atoms with Gasteiger partial charge in [0.25, 0.3) is 5.91 Å². The van der Waals surface area contributed by atoms with Crippen molar-refractivity contribution < 1.29 is 28.6 Å². The van der Waals surface area contributed by atoms with Gasteiger partial charge in [-0.15, -0.1) is 0 Å². The van der Waals surface area contributed by atoms with Gasteiger partial charge in [0.1, 0.15) is 19.0 Å². The fourth-order valence-electron chi connectivity index (χ4n) is 3.46. The Morgan fingerprint density at radius 2 is 1.87 bits per heavy atom. The van der Waals surface area contributed by atoms with Crippen LogP contribution in [0.2, 0.25) is 0 Å². The van der Waals surface area contributed by atoms with Crippen molar-refractivity contribution in [3.8, 4) is 17.2 Å². The summed E-state index contributed by atoms with van der Waals surface area (Å²) < 4.78 is 16.5. The lowest BCUT2D eigenvalue weighted by molar-refractivity contribution is -0.132. The molecule has 2 aliphatic heterocycles. The quantitative estimate of drug-likeness (QED) is 0.701. The third-order valence-corrected chi connectivity index (χ3v) is 5.11. The first-order chi connectivity index (χ1) is 15.0. The number of para-hydroxylation sites is 1. The summed E-state index contributed by atoms with van der Waals surface area (Å²) in [5.74, 6) is 0.115. The zero-order chi connectivity index (χ0) is 21.8. The van der Waals surface area contributed by atoms with Crippen molar-refractivity contribution in [2.24, 2.45) is 5.92 Å². The van der Waals surface area contributed by atoms with Crippen molar-refractivity contribution in [1.29, 1.82) is 0 Å². The molecular formula is C22H23N3O6. The topological polar surface area (TPSA) is 106 Å². The van der Waals surface area contributed by atoms with E-state index in [4.69, 9.17) is 14.2 Å². The molecular weight excluding hydrogens is 402 g/mol. The number of hydrogen-bond donors (Lipinski definition) is 2. The van der Waals surface area contributed by atoms with Crippen LogP contribution in [-0.2, 0) is 14.4 Å². The van der Waals surface area contributed by atoms with Crippen LogP contribution in [0.3, 0.4) is 0 Å². The predicted octanol–water partition coefficient (Wildman–Crippen LogP) is 1.35. The molecule has 9 nitrogen and oxygen atoms in total. The van der Waals surface area contributed by atoms with E-state index in [-0.39, 0.29) is 25.5 Å². The Balaban J connectivity index is 1.28. The normalized spacial score (nSPS) is 17.3. The Hall–Kier alpha value is -3.75. The van der Waals surface area contributed by atoms with Gasteiger partial charge in [0.05, 0.1) is 5.92 Å². The fourth-order valence-corrected chi connectivity index (χ4v) is 3.46. The number of nitrogens with one attached hydrogen (secondary N) is 2. The number of nitrogens with zero attached hydrogens (tertiary/aromatic N) is 1. The standard InChI is InChI=1S/C22H23N3O6/c1-14-4-2-3-5-17(14)31-13-20(26)23-24-22(28)15-10-21(27)25(12-15)16-6-7-18-19(11-16)30-9-8-29-18/h2-7,11,15H,8-10,12-13H2,1H3,(H,23,26)(H,24,28)/t15-/m0/s1. The van der Waals surface area contributed by atoms with E-state index in [1.165, 1.54) is 4.90 Å². The Morgan fingerprint density at radius 1 is 1.10 bits per heavy atom. The molecule has 9 heteroatoms. The van der Waals surface area contributed by atoms with E-state index < -0.39 is 17.7 Å². The predicted molar refractivity (Wildman–Crippen MR) is 111 cm³/mol. The van der Waals surface area contributed by atoms with Gasteiger partial charge in [0.15, 0.2) is 18.1 Å². The van der Waals surface area contributed by atoms with E-state index in [0.717, 1.165) is 5.56 Å². The van der Waals surface area contributed by atoms with E-state index in [9.17, 15) is 14.4 Å². The van der Waals surface area contributed by atoms with Gasteiger partial charge in [-0.2, -0.15) is 0 Å². The molecule has 0 saturated carbocycles. The number of benzene rings is 2. The first kappa shape index (κ1) is 20.5. The lowest BCUT2D eigenvalue weighted by atomic mass is 10.1. The lowest BCUT2D eigenvalue weighted by Gasteiger charge is -2.22. The summed E-state index contributed by atoms with van der Waals surface area (Å²) >= 11 is 0. The number of aryl methyl sites for hydroxylation is 1. The van der Waals surface area contributed by atoms with Crippen molar-refractivity contribution in [1.82, 2.24) is 10.9 Å². The van der Waals surface area contributed by atoms with Crippen molar-refractivity contribution in [3.63, 3.8) is 0 Å². The molecule has 0 unspecified atom stereocenters. The number of hydrogen-bond acceptors (Lipinski definition) is 6. The first-order valence-corrected chi connectivity index (χ1v) is 9.98. The molecule has 2 aliphatic rings. The molecule has 0 aliphatic carbocycles. The minimum atomic E-state index is -0.585. The van der Waals surface area contributed by atoms with E-state index >= 15 is 0 Å². The molecule has 4 rings (SSSR count). The average molecular weight is 425 g/mol. The Kier molecular flexibility index (Phi) is 5.92. The van der Waals surface area contributed by atoms with Gasteiger partial charge in [-0.25, -0.2) is 0 Å². The second-order valence-electron chi connectivity index (χ2n) is 7.32. The molecule has 0 radical (unpaired) electrons. The molecule has 1 saturated heterocycles. The lowest BCUT2D eigenvalue weighted by Crippen LogP contribution is -2.46. The smallest absolute Gasteiger partial charge is 0.276 e. The maximum absolute atomic E-state index is 12.5. The van der Waals surface area contributed by atoms with Crippen LogP contribution in [0, 0.1) is 12.8 Å². The zero-order valence-electron chi connectivity index (χ0n) is 17.1. The van der Waals surface area contributed by atoms with Gasteiger partial charge in [-0.05, 0) is 30.7 Å². The van der Waals surface area contributed by atoms with Gasteiger partial charge in [0, 0.05) is 24.7 Å². The van der Waals surface area contributed by atoms with Crippen molar-refractivity contribution in [3.05, 3.63) is 48.0 Å².